The molecule has 3 heteroatoms. The first-order chi connectivity index (χ1) is 10.4. The fourth-order valence-electron chi connectivity index (χ4n) is 4.69. The van der Waals surface area contributed by atoms with Gasteiger partial charge < -0.3 is 4.74 Å². The van der Waals surface area contributed by atoms with Gasteiger partial charge in [-0.1, -0.05) is 25.1 Å². The van der Waals surface area contributed by atoms with Gasteiger partial charge in [0, 0.05) is 19.0 Å². The van der Waals surface area contributed by atoms with Crippen LogP contribution in [0.2, 0.25) is 0 Å². The summed E-state index contributed by atoms with van der Waals surface area (Å²) >= 11 is 0. The average Bonchev–Trinajstić information content (AvgIpc) is 2.70. The normalized spacial score (nSPS) is 34.4. The van der Waals surface area contributed by atoms with Crippen molar-refractivity contribution in [3.05, 3.63) is 29.8 Å². The lowest BCUT2D eigenvalue weighted by atomic mass is 9.66. The second-order valence-corrected chi connectivity index (χ2v) is 7.45. The molecule has 2 aliphatic rings. The Morgan fingerprint density at radius 2 is 2.00 bits per heavy atom. The summed E-state index contributed by atoms with van der Waals surface area (Å²) < 4.78 is 5.87. The Kier molecular flexibility index (Phi) is 4.21. The van der Waals surface area contributed by atoms with E-state index < -0.39 is 0 Å². The van der Waals surface area contributed by atoms with E-state index in [0.29, 0.717) is 23.8 Å². The fraction of sp³-hybridized carbons (Fsp3) is 0.684. The highest BCUT2D eigenvalue weighted by molar-refractivity contribution is 5.37. The number of rotatable bonds is 3. The summed E-state index contributed by atoms with van der Waals surface area (Å²) in [5, 5.41) is 2.11. The molecule has 0 bridgehead atoms. The zero-order chi connectivity index (χ0) is 15.9. The first kappa shape index (κ1) is 15.8. The third-order valence-corrected chi connectivity index (χ3v) is 5.54. The van der Waals surface area contributed by atoms with E-state index in [-0.39, 0.29) is 5.60 Å². The zero-order valence-electron chi connectivity index (χ0n) is 14.5. The van der Waals surface area contributed by atoms with Gasteiger partial charge in [0.25, 0.3) is 0 Å². The minimum Gasteiger partial charge on any atom is -0.494 e. The minimum absolute atomic E-state index is 0.0765. The van der Waals surface area contributed by atoms with Crippen LogP contribution in [0.25, 0.3) is 0 Å². The van der Waals surface area contributed by atoms with E-state index in [1.54, 1.807) is 0 Å². The Hall–Kier alpha value is -1.06. The summed E-state index contributed by atoms with van der Waals surface area (Å²) in [5.41, 5.74) is 1.30. The lowest BCUT2D eigenvalue weighted by molar-refractivity contribution is -0.182. The van der Waals surface area contributed by atoms with Gasteiger partial charge in [-0.15, -0.1) is 0 Å². The van der Waals surface area contributed by atoms with Crippen LogP contribution in [0.4, 0.5) is 0 Å². The van der Waals surface area contributed by atoms with Crippen molar-refractivity contribution in [1.29, 1.82) is 0 Å². The Labute approximate surface area is 134 Å². The van der Waals surface area contributed by atoms with Crippen molar-refractivity contribution < 1.29 is 9.57 Å². The van der Waals surface area contributed by atoms with Crippen LogP contribution >= 0.6 is 0 Å². The Morgan fingerprint density at radius 3 is 2.73 bits per heavy atom. The summed E-state index contributed by atoms with van der Waals surface area (Å²) in [4.78, 5) is 6.13. The SMILES string of the molecule is CCOc1ccccc1[C@H]1C[C@@H]2[C@@H]([C@@H](C)C1)N(C)OC2(C)C. The van der Waals surface area contributed by atoms with Crippen LogP contribution in [0.3, 0.4) is 0 Å². The van der Waals surface area contributed by atoms with Crippen molar-refractivity contribution in [2.75, 3.05) is 13.7 Å². The number of benzene rings is 1. The molecular weight excluding hydrogens is 274 g/mol. The number of ether oxygens (including phenoxy) is 1. The summed E-state index contributed by atoms with van der Waals surface area (Å²) in [6, 6.07) is 9.09. The molecule has 22 heavy (non-hydrogen) atoms. The topological polar surface area (TPSA) is 21.7 Å². The van der Waals surface area contributed by atoms with Crippen molar-refractivity contribution >= 4 is 0 Å². The summed E-state index contributed by atoms with van der Waals surface area (Å²) in [7, 11) is 2.09. The third kappa shape index (κ3) is 2.65. The second kappa shape index (κ2) is 5.86. The lowest BCUT2D eigenvalue weighted by Gasteiger charge is -2.40. The van der Waals surface area contributed by atoms with E-state index in [1.165, 1.54) is 18.4 Å². The molecule has 3 nitrogen and oxygen atoms in total. The first-order valence-corrected chi connectivity index (χ1v) is 8.57. The van der Waals surface area contributed by atoms with Crippen LogP contribution in [0.5, 0.6) is 5.75 Å². The molecule has 1 aliphatic heterocycles. The van der Waals surface area contributed by atoms with E-state index in [1.807, 2.05) is 0 Å². The highest BCUT2D eigenvalue weighted by Crippen LogP contribution is 2.51. The Bertz CT molecular complexity index is 528. The van der Waals surface area contributed by atoms with Crippen LogP contribution in [0.15, 0.2) is 24.3 Å². The molecule has 1 aromatic rings. The standard InChI is InChI=1S/C19H29NO2/c1-6-21-17-10-8-7-9-15(17)14-11-13(2)18-16(12-14)19(3,4)22-20(18)5/h7-10,13-14,16,18H,6,11-12H2,1-5H3/t13-,14+,16+,18+/m0/s1. The van der Waals surface area contributed by atoms with Gasteiger partial charge in [-0.05, 0) is 57.1 Å². The largest absolute Gasteiger partial charge is 0.494 e. The number of hydrogen-bond acceptors (Lipinski definition) is 3. The van der Waals surface area contributed by atoms with Crippen molar-refractivity contribution in [3.8, 4) is 5.75 Å². The monoisotopic (exact) mass is 303 g/mol. The molecule has 0 spiro atoms. The van der Waals surface area contributed by atoms with E-state index >= 15 is 0 Å². The van der Waals surface area contributed by atoms with Gasteiger partial charge in [-0.25, -0.2) is 0 Å². The molecule has 1 heterocycles. The fourth-order valence-corrected chi connectivity index (χ4v) is 4.69. The van der Waals surface area contributed by atoms with E-state index in [4.69, 9.17) is 9.57 Å². The molecule has 3 rings (SSSR count). The molecule has 1 saturated heterocycles. The molecule has 1 aliphatic carbocycles. The summed E-state index contributed by atoms with van der Waals surface area (Å²) in [6.07, 6.45) is 2.38. The maximum absolute atomic E-state index is 6.13. The van der Waals surface area contributed by atoms with E-state index in [0.717, 1.165) is 12.4 Å². The molecule has 1 aromatic carbocycles. The number of nitrogens with zero attached hydrogens (tertiary/aromatic N) is 1. The van der Waals surface area contributed by atoms with Gasteiger partial charge in [-0.3, -0.25) is 4.84 Å². The second-order valence-electron chi connectivity index (χ2n) is 7.45. The van der Waals surface area contributed by atoms with E-state index in [9.17, 15) is 0 Å². The molecule has 0 radical (unpaired) electrons. The molecule has 2 fully saturated rings. The van der Waals surface area contributed by atoms with Gasteiger partial charge in [0.05, 0.1) is 12.2 Å². The van der Waals surface area contributed by atoms with E-state index in [2.05, 4.69) is 64.1 Å². The molecule has 0 amide bonds. The molecule has 0 aromatic heterocycles. The molecule has 4 atom stereocenters. The summed E-state index contributed by atoms with van der Waals surface area (Å²) in [6.45, 7) is 9.62. The third-order valence-electron chi connectivity index (χ3n) is 5.54. The maximum Gasteiger partial charge on any atom is 0.122 e. The van der Waals surface area contributed by atoms with Crippen LogP contribution in [-0.4, -0.2) is 30.4 Å². The predicted molar refractivity (Wildman–Crippen MR) is 89.0 cm³/mol. The highest BCUT2D eigenvalue weighted by Gasteiger charge is 2.52. The smallest absolute Gasteiger partial charge is 0.122 e. The van der Waals surface area contributed by atoms with Gasteiger partial charge in [0.15, 0.2) is 0 Å². The van der Waals surface area contributed by atoms with Gasteiger partial charge >= 0.3 is 0 Å². The van der Waals surface area contributed by atoms with Crippen molar-refractivity contribution in [1.82, 2.24) is 5.06 Å². The van der Waals surface area contributed by atoms with Gasteiger partial charge in [-0.2, -0.15) is 5.06 Å². The lowest BCUT2D eigenvalue weighted by Crippen LogP contribution is -2.42. The van der Waals surface area contributed by atoms with Crippen LogP contribution in [0.1, 0.15) is 52.0 Å². The van der Waals surface area contributed by atoms with Crippen molar-refractivity contribution in [2.45, 2.75) is 58.1 Å². The average molecular weight is 303 g/mol. The predicted octanol–water partition coefficient (Wildman–Crippen LogP) is 4.24. The highest BCUT2D eigenvalue weighted by atomic mass is 16.7. The van der Waals surface area contributed by atoms with Crippen LogP contribution < -0.4 is 4.74 Å². The van der Waals surface area contributed by atoms with Gasteiger partial charge in [0.1, 0.15) is 5.75 Å². The maximum atomic E-state index is 6.13. The van der Waals surface area contributed by atoms with Crippen LogP contribution in [-0.2, 0) is 4.84 Å². The quantitative estimate of drug-likeness (QED) is 0.833. The zero-order valence-corrected chi connectivity index (χ0v) is 14.5. The number of fused-ring (bicyclic) bond motifs is 1. The minimum atomic E-state index is -0.0765. The van der Waals surface area contributed by atoms with Crippen LogP contribution in [0, 0.1) is 11.8 Å². The van der Waals surface area contributed by atoms with Gasteiger partial charge in [0.2, 0.25) is 0 Å². The number of hydrogen-bond donors (Lipinski definition) is 0. The Balaban J connectivity index is 1.89. The summed E-state index contributed by atoms with van der Waals surface area (Å²) in [5.74, 6) is 2.82. The molecule has 122 valence electrons. The molecule has 0 unspecified atom stereocenters. The van der Waals surface area contributed by atoms with Crippen molar-refractivity contribution in [2.24, 2.45) is 11.8 Å². The molecular formula is C19H29NO2. The number of hydroxylamine groups is 2. The number of para-hydroxylation sites is 1. The Morgan fingerprint density at radius 1 is 1.27 bits per heavy atom. The first-order valence-electron chi connectivity index (χ1n) is 8.57. The molecule has 1 saturated carbocycles. The molecule has 0 N–H and O–H groups in total. The van der Waals surface area contributed by atoms with Crippen molar-refractivity contribution in [3.63, 3.8) is 0 Å².